The van der Waals surface area contributed by atoms with Crippen LogP contribution in [0.5, 0.6) is 0 Å². The van der Waals surface area contributed by atoms with Crippen LogP contribution in [0, 0.1) is 11.8 Å². The van der Waals surface area contributed by atoms with Crippen LogP contribution in [-0.4, -0.2) is 32.6 Å². The summed E-state index contributed by atoms with van der Waals surface area (Å²) in [5, 5.41) is 2.56. The van der Waals surface area contributed by atoms with Crippen LogP contribution in [0.3, 0.4) is 0 Å². The van der Waals surface area contributed by atoms with Gasteiger partial charge in [0.2, 0.25) is 0 Å². The molecule has 2 N–H and O–H groups in total. The number of hydrogen-bond donors (Lipinski definition) is 2. The summed E-state index contributed by atoms with van der Waals surface area (Å²) >= 11 is 0. The van der Waals surface area contributed by atoms with Crippen molar-refractivity contribution in [1.82, 2.24) is 25.3 Å². The minimum absolute atomic E-state index is 0.160. The van der Waals surface area contributed by atoms with Crippen molar-refractivity contribution in [2.45, 2.75) is 6.61 Å². The van der Waals surface area contributed by atoms with Gasteiger partial charge >= 0.3 is 6.09 Å². The number of hydrogen-bond acceptors (Lipinski definition) is 5. The first kappa shape index (κ1) is 14.5. The minimum Gasteiger partial charge on any atom is -0.445 e. The SMILES string of the molecule is O=C(NCC#Cc1ncnc2nc[nH]c12)OCc1ccccc1. The lowest BCUT2D eigenvalue weighted by molar-refractivity contribution is 0.141. The first-order chi connectivity index (χ1) is 11.3. The normalized spacial score (nSPS) is 9.91. The molecule has 0 aliphatic heterocycles. The van der Waals surface area contributed by atoms with E-state index in [2.05, 4.69) is 37.1 Å². The molecule has 0 fully saturated rings. The topological polar surface area (TPSA) is 92.8 Å². The number of ether oxygens (including phenoxy) is 1. The Morgan fingerprint density at radius 2 is 2.09 bits per heavy atom. The van der Waals surface area contributed by atoms with Gasteiger partial charge in [0.15, 0.2) is 5.65 Å². The van der Waals surface area contributed by atoms with E-state index in [1.54, 1.807) is 0 Å². The van der Waals surface area contributed by atoms with E-state index in [-0.39, 0.29) is 13.2 Å². The van der Waals surface area contributed by atoms with E-state index >= 15 is 0 Å². The van der Waals surface area contributed by atoms with Crippen LogP contribution in [0.25, 0.3) is 11.2 Å². The van der Waals surface area contributed by atoms with Gasteiger partial charge in [-0.15, -0.1) is 0 Å². The van der Waals surface area contributed by atoms with E-state index in [1.807, 2.05) is 30.3 Å². The highest BCUT2D eigenvalue weighted by Gasteiger charge is 2.03. The number of aromatic nitrogens is 4. The van der Waals surface area contributed by atoms with Crippen molar-refractivity contribution >= 4 is 17.3 Å². The van der Waals surface area contributed by atoms with Crippen LogP contribution < -0.4 is 5.32 Å². The molecule has 23 heavy (non-hydrogen) atoms. The zero-order valence-electron chi connectivity index (χ0n) is 12.1. The lowest BCUT2D eigenvalue weighted by atomic mass is 10.2. The molecule has 7 heteroatoms. The molecule has 2 aromatic heterocycles. The fourth-order valence-electron chi connectivity index (χ4n) is 1.88. The molecule has 0 radical (unpaired) electrons. The van der Waals surface area contributed by atoms with Crippen molar-refractivity contribution in [1.29, 1.82) is 0 Å². The fourth-order valence-corrected chi connectivity index (χ4v) is 1.88. The van der Waals surface area contributed by atoms with E-state index in [4.69, 9.17) is 4.74 Å². The molecular weight excluding hydrogens is 294 g/mol. The van der Waals surface area contributed by atoms with E-state index in [0.717, 1.165) is 5.56 Å². The lowest BCUT2D eigenvalue weighted by Crippen LogP contribution is -2.24. The average molecular weight is 307 g/mol. The molecule has 2 heterocycles. The molecule has 0 aliphatic carbocycles. The van der Waals surface area contributed by atoms with Crippen LogP contribution in [-0.2, 0) is 11.3 Å². The van der Waals surface area contributed by atoms with Gasteiger partial charge in [-0.3, -0.25) is 0 Å². The van der Waals surface area contributed by atoms with Gasteiger partial charge in [0.05, 0.1) is 12.9 Å². The number of rotatable bonds is 3. The van der Waals surface area contributed by atoms with Crippen LogP contribution in [0.1, 0.15) is 11.3 Å². The highest BCUT2D eigenvalue weighted by atomic mass is 16.5. The number of amides is 1. The number of H-pyrrole nitrogens is 1. The Kier molecular flexibility index (Phi) is 4.45. The Labute approximate surface area is 132 Å². The Balaban J connectivity index is 1.50. The Morgan fingerprint density at radius 3 is 2.96 bits per heavy atom. The van der Waals surface area contributed by atoms with Crippen molar-refractivity contribution < 1.29 is 9.53 Å². The van der Waals surface area contributed by atoms with E-state index in [1.165, 1.54) is 12.7 Å². The van der Waals surface area contributed by atoms with E-state index in [0.29, 0.717) is 16.9 Å². The number of carbonyl (C=O) groups is 1. The molecule has 0 saturated carbocycles. The number of benzene rings is 1. The van der Waals surface area contributed by atoms with Crippen LogP contribution >= 0.6 is 0 Å². The summed E-state index contributed by atoms with van der Waals surface area (Å²) in [6.07, 6.45) is 2.41. The highest BCUT2D eigenvalue weighted by Crippen LogP contribution is 2.07. The zero-order valence-corrected chi connectivity index (χ0v) is 12.1. The molecule has 114 valence electrons. The summed E-state index contributed by atoms with van der Waals surface area (Å²) in [5.74, 6) is 5.67. The Hall–Kier alpha value is -3.40. The largest absolute Gasteiger partial charge is 0.445 e. The van der Waals surface area contributed by atoms with Crippen molar-refractivity contribution in [3.8, 4) is 11.8 Å². The van der Waals surface area contributed by atoms with Crippen molar-refractivity contribution in [3.05, 3.63) is 54.2 Å². The van der Waals surface area contributed by atoms with Crippen molar-refractivity contribution in [2.75, 3.05) is 6.54 Å². The summed E-state index contributed by atoms with van der Waals surface area (Å²) in [6, 6.07) is 9.46. The van der Waals surface area contributed by atoms with Crippen LogP contribution in [0.4, 0.5) is 4.79 Å². The molecule has 0 aliphatic rings. The molecule has 3 rings (SSSR count). The molecule has 0 saturated heterocycles. The number of carbonyl (C=O) groups excluding carboxylic acids is 1. The molecule has 0 atom stereocenters. The summed E-state index contributed by atoms with van der Waals surface area (Å²) in [7, 11) is 0. The molecule has 1 aromatic carbocycles. The Morgan fingerprint density at radius 1 is 1.22 bits per heavy atom. The van der Waals surface area contributed by atoms with E-state index in [9.17, 15) is 4.79 Å². The summed E-state index contributed by atoms with van der Waals surface area (Å²) in [4.78, 5) is 26.6. The molecule has 0 spiro atoms. The lowest BCUT2D eigenvalue weighted by Gasteiger charge is -2.04. The maximum Gasteiger partial charge on any atom is 0.408 e. The zero-order chi connectivity index (χ0) is 15.9. The first-order valence-corrected chi connectivity index (χ1v) is 6.90. The molecular formula is C16H13N5O2. The Bertz CT molecular complexity index is 864. The summed E-state index contributed by atoms with van der Waals surface area (Å²) < 4.78 is 5.08. The molecule has 3 aromatic rings. The van der Waals surface area contributed by atoms with Crippen LogP contribution in [0.15, 0.2) is 43.0 Å². The number of nitrogens with one attached hydrogen (secondary N) is 2. The van der Waals surface area contributed by atoms with Gasteiger partial charge in [-0.25, -0.2) is 19.7 Å². The van der Waals surface area contributed by atoms with Crippen molar-refractivity contribution in [3.63, 3.8) is 0 Å². The molecule has 0 unspecified atom stereocenters. The number of alkyl carbamates (subject to hydrolysis) is 1. The quantitative estimate of drug-likeness (QED) is 0.717. The van der Waals surface area contributed by atoms with Gasteiger partial charge in [-0.05, 0) is 11.5 Å². The summed E-state index contributed by atoms with van der Waals surface area (Å²) in [6.45, 7) is 0.383. The van der Waals surface area contributed by atoms with Crippen LogP contribution in [0.2, 0.25) is 0 Å². The van der Waals surface area contributed by atoms with Crippen molar-refractivity contribution in [2.24, 2.45) is 0 Å². The first-order valence-electron chi connectivity index (χ1n) is 6.90. The van der Waals surface area contributed by atoms with Gasteiger partial charge in [-0.2, -0.15) is 0 Å². The molecule has 1 amide bonds. The van der Waals surface area contributed by atoms with Gasteiger partial charge in [0.25, 0.3) is 0 Å². The number of fused-ring (bicyclic) bond motifs is 1. The smallest absolute Gasteiger partial charge is 0.408 e. The fraction of sp³-hybridized carbons (Fsp3) is 0.125. The predicted octanol–water partition coefficient (Wildman–Crippen LogP) is 1.63. The predicted molar refractivity (Wildman–Crippen MR) is 83.2 cm³/mol. The molecule has 7 nitrogen and oxygen atoms in total. The molecule has 0 bridgehead atoms. The standard InChI is InChI=1S/C16H13N5O2/c22-16(23-9-12-5-2-1-3-6-12)17-8-4-7-13-14-15(20-10-18-13)21-11-19-14/h1-3,5-6,10-11H,8-9H2,(H,17,22)(H,18,19,20,21). The average Bonchev–Trinajstić information content (AvgIpc) is 3.07. The van der Waals surface area contributed by atoms with E-state index < -0.39 is 6.09 Å². The van der Waals surface area contributed by atoms with Gasteiger partial charge in [0, 0.05) is 0 Å². The highest BCUT2D eigenvalue weighted by molar-refractivity contribution is 5.75. The monoisotopic (exact) mass is 307 g/mol. The second-order valence-corrected chi connectivity index (χ2v) is 4.54. The van der Waals surface area contributed by atoms with Gasteiger partial charge in [-0.1, -0.05) is 36.3 Å². The second kappa shape index (κ2) is 7.04. The third kappa shape index (κ3) is 3.83. The van der Waals surface area contributed by atoms with Gasteiger partial charge < -0.3 is 15.0 Å². The number of aromatic amines is 1. The third-order valence-electron chi connectivity index (χ3n) is 2.96. The minimum atomic E-state index is -0.516. The summed E-state index contributed by atoms with van der Waals surface area (Å²) in [5.41, 5.74) is 2.69. The van der Waals surface area contributed by atoms with Gasteiger partial charge in [0.1, 0.15) is 24.1 Å². The second-order valence-electron chi connectivity index (χ2n) is 4.54. The maximum absolute atomic E-state index is 11.6. The maximum atomic E-state index is 11.6. The number of nitrogens with zero attached hydrogens (tertiary/aromatic N) is 3. The third-order valence-corrected chi connectivity index (χ3v) is 2.96. The number of imidazole rings is 1.